The van der Waals surface area contributed by atoms with E-state index in [0.717, 1.165) is 25.3 Å². The standard InChI is InChI=1S/C9H14N2O2/c1-7-10-8(4-13-7)3-11-5-9(2,12)6-11/h4,12H,3,5-6H2,1-2H3. The fourth-order valence-electron chi connectivity index (χ4n) is 1.74. The van der Waals surface area contributed by atoms with Gasteiger partial charge in [-0.1, -0.05) is 0 Å². The predicted octanol–water partition coefficient (Wildman–Crippen LogP) is 0.550. The second-order valence-corrected chi connectivity index (χ2v) is 4.00. The molecule has 0 unspecified atom stereocenters. The number of nitrogens with zero attached hydrogens (tertiary/aromatic N) is 2. The molecule has 1 aromatic heterocycles. The molecule has 0 aromatic carbocycles. The molecule has 0 saturated carbocycles. The summed E-state index contributed by atoms with van der Waals surface area (Å²) in [5.41, 5.74) is 0.437. The largest absolute Gasteiger partial charge is 0.449 e. The molecule has 4 heteroatoms. The van der Waals surface area contributed by atoms with E-state index >= 15 is 0 Å². The number of aromatic nitrogens is 1. The van der Waals surface area contributed by atoms with Crippen molar-refractivity contribution in [3.63, 3.8) is 0 Å². The van der Waals surface area contributed by atoms with Crippen LogP contribution >= 0.6 is 0 Å². The van der Waals surface area contributed by atoms with E-state index < -0.39 is 5.60 Å². The maximum absolute atomic E-state index is 9.48. The Morgan fingerprint density at radius 1 is 1.69 bits per heavy atom. The van der Waals surface area contributed by atoms with Crippen LogP contribution in [0.15, 0.2) is 10.7 Å². The summed E-state index contributed by atoms with van der Waals surface area (Å²) in [5, 5.41) is 9.48. The van der Waals surface area contributed by atoms with Gasteiger partial charge in [-0.3, -0.25) is 4.90 Å². The Kier molecular flexibility index (Phi) is 1.89. The van der Waals surface area contributed by atoms with Crippen molar-refractivity contribution in [1.82, 2.24) is 9.88 Å². The number of aryl methyl sites for hydroxylation is 1. The summed E-state index contributed by atoms with van der Waals surface area (Å²) in [4.78, 5) is 6.33. The lowest BCUT2D eigenvalue weighted by Gasteiger charge is -2.43. The third-order valence-electron chi connectivity index (χ3n) is 2.18. The van der Waals surface area contributed by atoms with Crippen molar-refractivity contribution in [1.29, 1.82) is 0 Å². The fraction of sp³-hybridized carbons (Fsp3) is 0.667. The van der Waals surface area contributed by atoms with Gasteiger partial charge in [-0.05, 0) is 6.92 Å². The highest BCUT2D eigenvalue weighted by Crippen LogP contribution is 2.21. The van der Waals surface area contributed by atoms with Crippen molar-refractivity contribution in [3.05, 3.63) is 17.8 Å². The van der Waals surface area contributed by atoms with E-state index in [4.69, 9.17) is 4.42 Å². The SMILES string of the molecule is Cc1nc(CN2CC(C)(O)C2)co1. The lowest BCUT2D eigenvalue weighted by atomic mass is 9.97. The molecule has 4 nitrogen and oxygen atoms in total. The molecular formula is C9H14N2O2. The zero-order chi connectivity index (χ0) is 9.47. The van der Waals surface area contributed by atoms with Gasteiger partial charge in [-0.2, -0.15) is 0 Å². The molecular weight excluding hydrogens is 168 g/mol. The number of hydrogen-bond donors (Lipinski definition) is 1. The lowest BCUT2D eigenvalue weighted by molar-refractivity contribution is -0.0875. The Bertz CT molecular complexity index is 298. The molecule has 0 bridgehead atoms. The average Bonchev–Trinajstić information content (AvgIpc) is 2.31. The van der Waals surface area contributed by atoms with Crippen LogP contribution in [0.25, 0.3) is 0 Å². The molecule has 0 aliphatic carbocycles. The Morgan fingerprint density at radius 2 is 2.38 bits per heavy atom. The van der Waals surface area contributed by atoms with E-state index in [-0.39, 0.29) is 0 Å². The summed E-state index contributed by atoms with van der Waals surface area (Å²) in [6, 6.07) is 0. The average molecular weight is 182 g/mol. The van der Waals surface area contributed by atoms with E-state index in [1.165, 1.54) is 0 Å². The lowest BCUT2D eigenvalue weighted by Crippen LogP contribution is -2.59. The van der Waals surface area contributed by atoms with Gasteiger partial charge in [0.2, 0.25) is 0 Å². The molecule has 0 amide bonds. The first kappa shape index (κ1) is 8.72. The van der Waals surface area contributed by atoms with Crippen LogP contribution in [0.5, 0.6) is 0 Å². The van der Waals surface area contributed by atoms with E-state index in [2.05, 4.69) is 9.88 Å². The maximum atomic E-state index is 9.48. The third-order valence-corrected chi connectivity index (χ3v) is 2.18. The van der Waals surface area contributed by atoms with Crippen molar-refractivity contribution in [2.75, 3.05) is 13.1 Å². The molecule has 1 aromatic rings. The third kappa shape index (κ3) is 1.89. The van der Waals surface area contributed by atoms with Crippen LogP contribution < -0.4 is 0 Å². The summed E-state index contributed by atoms with van der Waals surface area (Å²) in [6.07, 6.45) is 1.67. The maximum Gasteiger partial charge on any atom is 0.191 e. The van der Waals surface area contributed by atoms with Crippen LogP contribution in [0.2, 0.25) is 0 Å². The van der Waals surface area contributed by atoms with Gasteiger partial charge in [0.1, 0.15) is 6.26 Å². The van der Waals surface area contributed by atoms with Crippen LogP contribution in [0.1, 0.15) is 18.5 Å². The van der Waals surface area contributed by atoms with E-state index in [1.54, 1.807) is 6.26 Å². The molecule has 13 heavy (non-hydrogen) atoms. The van der Waals surface area contributed by atoms with Gasteiger partial charge in [-0.25, -0.2) is 4.98 Å². The molecule has 2 rings (SSSR count). The Hall–Kier alpha value is -0.870. The van der Waals surface area contributed by atoms with Gasteiger partial charge >= 0.3 is 0 Å². The van der Waals surface area contributed by atoms with Gasteiger partial charge in [-0.15, -0.1) is 0 Å². The molecule has 0 atom stereocenters. The first-order chi connectivity index (χ1) is 6.05. The van der Waals surface area contributed by atoms with E-state index in [1.807, 2.05) is 13.8 Å². The second kappa shape index (κ2) is 2.82. The molecule has 1 N–H and O–H groups in total. The number of β-amino-alcohol motifs (C(OH)–C–C–N with tert-alkyl or cyclic N) is 1. The number of likely N-dealkylation sites (tertiary alicyclic amines) is 1. The molecule has 1 fully saturated rings. The summed E-state index contributed by atoms with van der Waals surface area (Å²) >= 11 is 0. The van der Waals surface area contributed by atoms with E-state index in [0.29, 0.717) is 5.89 Å². The fourth-order valence-corrected chi connectivity index (χ4v) is 1.74. The monoisotopic (exact) mass is 182 g/mol. The Morgan fingerprint density at radius 3 is 2.85 bits per heavy atom. The zero-order valence-corrected chi connectivity index (χ0v) is 7.95. The van der Waals surface area contributed by atoms with Crippen molar-refractivity contribution in [2.45, 2.75) is 26.0 Å². The van der Waals surface area contributed by atoms with Gasteiger partial charge in [0.05, 0.1) is 11.3 Å². The van der Waals surface area contributed by atoms with Crippen LogP contribution in [-0.4, -0.2) is 33.7 Å². The molecule has 1 aliphatic heterocycles. The van der Waals surface area contributed by atoms with Gasteiger partial charge in [0.25, 0.3) is 0 Å². The van der Waals surface area contributed by atoms with Crippen molar-refractivity contribution in [2.24, 2.45) is 0 Å². The molecule has 0 spiro atoms. The van der Waals surface area contributed by atoms with Crippen molar-refractivity contribution in [3.8, 4) is 0 Å². The zero-order valence-electron chi connectivity index (χ0n) is 7.95. The van der Waals surface area contributed by atoms with Crippen molar-refractivity contribution < 1.29 is 9.52 Å². The minimum absolute atomic E-state index is 0.501. The summed E-state index contributed by atoms with van der Waals surface area (Å²) in [5.74, 6) is 0.697. The van der Waals surface area contributed by atoms with Crippen LogP contribution in [0, 0.1) is 6.92 Å². The predicted molar refractivity (Wildman–Crippen MR) is 47.1 cm³/mol. The highest BCUT2D eigenvalue weighted by atomic mass is 16.3. The molecule has 1 aliphatic rings. The quantitative estimate of drug-likeness (QED) is 0.725. The highest BCUT2D eigenvalue weighted by molar-refractivity contribution is 5.00. The highest BCUT2D eigenvalue weighted by Gasteiger charge is 2.36. The molecule has 0 radical (unpaired) electrons. The number of aliphatic hydroxyl groups is 1. The number of rotatable bonds is 2. The molecule has 1 saturated heterocycles. The Labute approximate surface area is 77.2 Å². The summed E-state index contributed by atoms with van der Waals surface area (Å²) in [7, 11) is 0. The van der Waals surface area contributed by atoms with Gasteiger partial charge in [0, 0.05) is 26.6 Å². The van der Waals surface area contributed by atoms with Gasteiger partial charge in [0.15, 0.2) is 5.89 Å². The van der Waals surface area contributed by atoms with E-state index in [9.17, 15) is 5.11 Å². The number of hydrogen-bond acceptors (Lipinski definition) is 4. The first-order valence-corrected chi connectivity index (χ1v) is 4.41. The Balaban J connectivity index is 1.87. The van der Waals surface area contributed by atoms with Crippen LogP contribution in [0.4, 0.5) is 0 Å². The van der Waals surface area contributed by atoms with Gasteiger partial charge < -0.3 is 9.52 Å². The summed E-state index contributed by atoms with van der Waals surface area (Å²) < 4.78 is 5.09. The minimum Gasteiger partial charge on any atom is -0.449 e. The number of oxazole rings is 1. The molecule has 72 valence electrons. The van der Waals surface area contributed by atoms with Crippen molar-refractivity contribution >= 4 is 0 Å². The second-order valence-electron chi connectivity index (χ2n) is 4.00. The minimum atomic E-state index is -0.501. The molecule has 2 heterocycles. The topological polar surface area (TPSA) is 49.5 Å². The normalized spacial score (nSPS) is 21.5. The van der Waals surface area contributed by atoms with Crippen LogP contribution in [0.3, 0.4) is 0 Å². The van der Waals surface area contributed by atoms with Crippen LogP contribution in [-0.2, 0) is 6.54 Å². The first-order valence-electron chi connectivity index (χ1n) is 4.41. The summed E-state index contributed by atoms with van der Waals surface area (Å²) in [6.45, 7) is 5.89. The smallest absolute Gasteiger partial charge is 0.191 e.